The first-order valence-corrected chi connectivity index (χ1v) is 12.2. The molecule has 2 heterocycles. The van der Waals surface area contributed by atoms with Gasteiger partial charge in [0.2, 0.25) is 0 Å². The maximum atomic E-state index is 13.0. The van der Waals surface area contributed by atoms with Crippen LogP contribution in [-0.2, 0) is 11.2 Å². The van der Waals surface area contributed by atoms with Gasteiger partial charge in [-0.2, -0.15) is 0 Å². The molecule has 1 aromatic rings. The molecule has 1 N–H and O–H groups in total. The van der Waals surface area contributed by atoms with Crippen molar-refractivity contribution in [3.05, 3.63) is 34.9 Å². The van der Waals surface area contributed by atoms with Gasteiger partial charge in [0.1, 0.15) is 17.1 Å². The van der Waals surface area contributed by atoms with Crippen LogP contribution in [0.1, 0.15) is 90.2 Å². The number of hydrogen-bond acceptors (Lipinski definition) is 4. The van der Waals surface area contributed by atoms with Gasteiger partial charge >= 0.3 is 5.97 Å². The molecular formula is C27H39NO3. The number of fused-ring (bicyclic) bond motifs is 3. The quantitative estimate of drug-likeness (QED) is 0.265. The molecule has 4 nitrogen and oxygen atoms in total. The van der Waals surface area contributed by atoms with Crippen LogP contribution < -0.4 is 14.8 Å². The average Bonchev–Trinajstić information content (AvgIpc) is 3.24. The molecule has 3 aliphatic rings. The predicted molar refractivity (Wildman–Crippen MR) is 125 cm³/mol. The van der Waals surface area contributed by atoms with Gasteiger partial charge in [-0.15, -0.1) is 0 Å². The monoisotopic (exact) mass is 425 g/mol. The number of allylic oxidation sites excluding steroid dienone is 2. The number of benzene rings is 1. The number of carbonyl (C=O) groups is 1. The minimum atomic E-state index is -0.291. The van der Waals surface area contributed by atoms with E-state index in [1.54, 1.807) is 0 Å². The third-order valence-corrected chi connectivity index (χ3v) is 8.06. The van der Waals surface area contributed by atoms with Crippen molar-refractivity contribution in [2.24, 2.45) is 11.3 Å². The van der Waals surface area contributed by atoms with Crippen molar-refractivity contribution in [3.8, 4) is 11.5 Å². The fourth-order valence-corrected chi connectivity index (χ4v) is 5.53. The molecule has 170 valence electrons. The van der Waals surface area contributed by atoms with Crippen molar-refractivity contribution >= 4 is 5.97 Å². The Balaban J connectivity index is 1.78. The second-order valence-electron chi connectivity index (χ2n) is 10.6. The third-order valence-electron chi connectivity index (χ3n) is 8.06. The molecule has 0 aromatic heterocycles. The lowest BCUT2D eigenvalue weighted by Gasteiger charge is -2.54. The van der Waals surface area contributed by atoms with E-state index in [9.17, 15) is 4.79 Å². The summed E-state index contributed by atoms with van der Waals surface area (Å²) in [6.45, 7) is 12.8. The summed E-state index contributed by atoms with van der Waals surface area (Å²) < 4.78 is 12.8. The zero-order valence-electron chi connectivity index (χ0n) is 20.0. The Hall–Kier alpha value is -1.81. The second kappa shape index (κ2) is 8.61. The SMILES string of the molecule is CCCCCc1cc(OC(=O)C2CCNC2)c2c(c1)OC(C)(C)[C@]1(C)CCC(C)=C[C@@H]21. The molecule has 4 rings (SSSR count). The molecule has 31 heavy (non-hydrogen) atoms. The van der Waals surface area contributed by atoms with Gasteiger partial charge < -0.3 is 14.8 Å². The molecule has 1 unspecified atom stereocenters. The fraction of sp³-hybridized carbons (Fsp3) is 0.667. The highest BCUT2D eigenvalue weighted by Crippen LogP contribution is 2.60. The first-order valence-electron chi connectivity index (χ1n) is 12.2. The van der Waals surface area contributed by atoms with Crippen LogP contribution in [0.25, 0.3) is 0 Å². The highest BCUT2D eigenvalue weighted by atomic mass is 16.5. The minimum Gasteiger partial charge on any atom is -0.487 e. The number of esters is 1. The van der Waals surface area contributed by atoms with E-state index in [0.29, 0.717) is 6.54 Å². The summed E-state index contributed by atoms with van der Waals surface area (Å²) in [6.07, 6.45) is 9.93. The van der Waals surface area contributed by atoms with Gasteiger partial charge in [0, 0.05) is 23.4 Å². The van der Waals surface area contributed by atoms with Crippen molar-refractivity contribution in [3.63, 3.8) is 0 Å². The van der Waals surface area contributed by atoms with Crippen molar-refractivity contribution in [2.75, 3.05) is 13.1 Å². The number of carbonyl (C=O) groups excluding carboxylic acids is 1. The number of nitrogens with one attached hydrogen (secondary N) is 1. The van der Waals surface area contributed by atoms with E-state index >= 15 is 0 Å². The molecule has 2 aliphatic heterocycles. The van der Waals surface area contributed by atoms with Gasteiger partial charge in [-0.1, -0.05) is 38.3 Å². The molecule has 1 aromatic carbocycles. The molecule has 4 heteroatoms. The van der Waals surface area contributed by atoms with E-state index in [1.165, 1.54) is 24.0 Å². The van der Waals surface area contributed by atoms with Crippen LogP contribution in [0.3, 0.4) is 0 Å². The zero-order valence-corrected chi connectivity index (χ0v) is 20.0. The van der Waals surface area contributed by atoms with E-state index in [2.05, 4.69) is 58.1 Å². The largest absolute Gasteiger partial charge is 0.487 e. The fourth-order valence-electron chi connectivity index (χ4n) is 5.53. The number of hydrogen-bond donors (Lipinski definition) is 1. The van der Waals surface area contributed by atoms with Crippen LogP contribution in [0.4, 0.5) is 0 Å². The standard InChI is InChI=1S/C27H39NO3/c1-6-7-8-9-19-15-22(30-25(29)20-11-13-28-17-20)24-21-14-18(2)10-12-27(21,5)26(3,4)31-23(24)16-19/h14-16,20-21,28H,6-13,17H2,1-5H3/t20?,21-,27+/m0/s1. The lowest BCUT2D eigenvalue weighted by molar-refractivity contribution is -0.138. The van der Waals surface area contributed by atoms with Gasteiger partial charge in [0.25, 0.3) is 0 Å². The van der Waals surface area contributed by atoms with Gasteiger partial charge in [-0.25, -0.2) is 0 Å². The van der Waals surface area contributed by atoms with Gasteiger partial charge in [-0.3, -0.25) is 4.79 Å². The molecule has 1 saturated heterocycles. The Morgan fingerprint density at radius 1 is 1.26 bits per heavy atom. The van der Waals surface area contributed by atoms with Crippen LogP contribution >= 0.6 is 0 Å². The molecule has 1 aliphatic carbocycles. The molecule has 0 radical (unpaired) electrons. The molecule has 0 spiro atoms. The maximum absolute atomic E-state index is 13.0. The van der Waals surface area contributed by atoms with Crippen LogP contribution in [-0.4, -0.2) is 24.7 Å². The van der Waals surface area contributed by atoms with Gasteiger partial charge in [0.05, 0.1) is 5.92 Å². The summed E-state index contributed by atoms with van der Waals surface area (Å²) in [6, 6.07) is 4.33. The van der Waals surface area contributed by atoms with Gasteiger partial charge in [-0.05, 0) is 77.1 Å². The van der Waals surface area contributed by atoms with Crippen LogP contribution in [0.15, 0.2) is 23.8 Å². The predicted octanol–water partition coefficient (Wildman–Crippen LogP) is 5.94. The lowest BCUT2D eigenvalue weighted by Crippen LogP contribution is -2.53. The maximum Gasteiger partial charge on any atom is 0.315 e. The Bertz CT molecular complexity index is 865. The Kier molecular flexibility index (Phi) is 6.22. The van der Waals surface area contributed by atoms with Crippen molar-refractivity contribution in [2.45, 2.75) is 91.1 Å². The molecular weight excluding hydrogens is 386 g/mol. The minimum absolute atomic E-state index is 0.0424. The first-order chi connectivity index (χ1) is 14.7. The number of unbranched alkanes of at least 4 members (excludes halogenated alkanes) is 2. The summed E-state index contributed by atoms with van der Waals surface area (Å²) in [5, 5.41) is 3.28. The van der Waals surface area contributed by atoms with Crippen LogP contribution in [0.2, 0.25) is 0 Å². The van der Waals surface area contributed by atoms with Crippen molar-refractivity contribution in [1.29, 1.82) is 0 Å². The second-order valence-corrected chi connectivity index (χ2v) is 10.6. The summed E-state index contributed by atoms with van der Waals surface area (Å²) in [7, 11) is 0. The Labute approximate surface area is 187 Å². The van der Waals surface area contributed by atoms with Crippen molar-refractivity contribution in [1.82, 2.24) is 5.32 Å². The molecule has 1 fully saturated rings. The zero-order chi connectivity index (χ0) is 22.2. The van der Waals surface area contributed by atoms with Crippen molar-refractivity contribution < 1.29 is 14.3 Å². The molecule has 0 saturated carbocycles. The summed E-state index contributed by atoms with van der Waals surface area (Å²) >= 11 is 0. The van der Waals surface area contributed by atoms with Crippen LogP contribution in [0.5, 0.6) is 11.5 Å². The molecule has 0 amide bonds. The van der Waals surface area contributed by atoms with E-state index in [1.807, 2.05) is 0 Å². The van der Waals surface area contributed by atoms with Gasteiger partial charge in [0.15, 0.2) is 0 Å². The van der Waals surface area contributed by atoms with E-state index in [-0.39, 0.29) is 28.8 Å². The smallest absolute Gasteiger partial charge is 0.315 e. The van der Waals surface area contributed by atoms with E-state index in [4.69, 9.17) is 9.47 Å². The number of ether oxygens (including phenoxy) is 2. The van der Waals surface area contributed by atoms with E-state index in [0.717, 1.165) is 55.7 Å². The molecule has 0 bridgehead atoms. The number of aryl methyl sites for hydroxylation is 1. The topological polar surface area (TPSA) is 47.6 Å². The highest BCUT2D eigenvalue weighted by Gasteiger charge is 2.54. The number of rotatable bonds is 6. The molecule has 3 atom stereocenters. The summed E-state index contributed by atoms with van der Waals surface area (Å²) in [5.74, 6) is 1.64. The third kappa shape index (κ3) is 4.16. The summed E-state index contributed by atoms with van der Waals surface area (Å²) in [5.41, 5.74) is 3.35. The summed E-state index contributed by atoms with van der Waals surface area (Å²) in [4.78, 5) is 13.0. The van der Waals surface area contributed by atoms with Crippen LogP contribution in [0, 0.1) is 11.3 Å². The lowest BCUT2D eigenvalue weighted by atomic mass is 9.57. The highest BCUT2D eigenvalue weighted by molar-refractivity contribution is 5.77. The normalized spacial score (nSPS) is 28.9. The first kappa shape index (κ1) is 22.4. The Morgan fingerprint density at radius 2 is 2.06 bits per heavy atom. The average molecular weight is 426 g/mol. The van der Waals surface area contributed by atoms with E-state index < -0.39 is 0 Å². The Morgan fingerprint density at radius 3 is 2.77 bits per heavy atom.